The molecule has 0 aliphatic heterocycles. The summed E-state index contributed by atoms with van der Waals surface area (Å²) in [4.78, 5) is -0.328. The molecule has 130 valence electrons. The van der Waals surface area contributed by atoms with Crippen LogP contribution in [-0.4, -0.2) is 27.2 Å². The van der Waals surface area contributed by atoms with Gasteiger partial charge in [-0.2, -0.15) is 4.31 Å². The van der Waals surface area contributed by atoms with Crippen molar-refractivity contribution >= 4 is 20.0 Å². The minimum absolute atomic E-state index is 0.0985. The molecule has 0 unspecified atom stereocenters. The second-order valence-corrected chi connectivity index (χ2v) is 9.10. The molecule has 0 amide bonds. The fourth-order valence-electron chi connectivity index (χ4n) is 2.26. The zero-order chi connectivity index (χ0) is 18.0. The van der Waals surface area contributed by atoms with E-state index in [2.05, 4.69) is 0 Å². The minimum atomic E-state index is -3.97. The number of primary sulfonamides is 1. The van der Waals surface area contributed by atoms with Crippen LogP contribution in [0.3, 0.4) is 0 Å². The molecule has 8 heteroatoms. The van der Waals surface area contributed by atoms with E-state index in [4.69, 9.17) is 5.14 Å². The van der Waals surface area contributed by atoms with E-state index in [0.29, 0.717) is 0 Å². The third kappa shape index (κ3) is 4.21. The molecule has 0 aromatic heterocycles. The van der Waals surface area contributed by atoms with Gasteiger partial charge in [-0.05, 0) is 37.6 Å². The summed E-state index contributed by atoms with van der Waals surface area (Å²) in [5.41, 5.74) is 0.845. The Kier molecular flexibility index (Phi) is 5.44. The SMILES string of the molecule is CC(C)N(Cc1ccccc1)S(=O)(=O)c1cccc(S(N)(=O)=O)c1. The van der Waals surface area contributed by atoms with Crippen LogP contribution in [-0.2, 0) is 26.6 Å². The molecule has 0 heterocycles. The molecule has 0 aliphatic carbocycles. The molecule has 0 atom stereocenters. The van der Waals surface area contributed by atoms with Crippen LogP contribution in [0.15, 0.2) is 64.4 Å². The maximum atomic E-state index is 12.9. The van der Waals surface area contributed by atoms with E-state index in [1.54, 1.807) is 13.8 Å². The van der Waals surface area contributed by atoms with Crippen molar-refractivity contribution in [3.63, 3.8) is 0 Å². The lowest BCUT2D eigenvalue weighted by Crippen LogP contribution is -2.36. The van der Waals surface area contributed by atoms with Gasteiger partial charge in [0.2, 0.25) is 20.0 Å². The fraction of sp³-hybridized carbons (Fsp3) is 0.250. The van der Waals surface area contributed by atoms with Crippen molar-refractivity contribution < 1.29 is 16.8 Å². The second kappa shape index (κ2) is 7.02. The summed E-state index contributed by atoms with van der Waals surface area (Å²) in [6, 6.07) is 14.0. The molecule has 0 fully saturated rings. The number of hydrogen-bond donors (Lipinski definition) is 1. The average Bonchev–Trinajstić information content (AvgIpc) is 2.52. The van der Waals surface area contributed by atoms with Crippen molar-refractivity contribution in [2.24, 2.45) is 5.14 Å². The zero-order valence-electron chi connectivity index (χ0n) is 13.5. The molecule has 2 N–H and O–H groups in total. The number of nitrogens with two attached hydrogens (primary N) is 1. The maximum absolute atomic E-state index is 12.9. The molecule has 24 heavy (non-hydrogen) atoms. The van der Waals surface area contributed by atoms with Crippen molar-refractivity contribution in [2.45, 2.75) is 36.2 Å². The summed E-state index contributed by atoms with van der Waals surface area (Å²) < 4.78 is 50.2. The first-order valence-corrected chi connectivity index (χ1v) is 10.3. The lowest BCUT2D eigenvalue weighted by atomic mass is 10.2. The smallest absolute Gasteiger partial charge is 0.225 e. The van der Waals surface area contributed by atoms with E-state index in [1.807, 2.05) is 30.3 Å². The normalized spacial score (nSPS) is 12.7. The third-order valence-electron chi connectivity index (χ3n) is 3.50. The predicted molar refractivity (Wildman–Crippen MR) is 92.1 cm³/mol. The summed E-state index contributed by atoms with van der Waals surface area (Å²) in [5.74, 6) is 0. The van der Waals surface area contributed by atoms with Crippen LogP contribution < -0.4 is 5.14 Å². The Bertz CT molecular complexity index is 908. The van der Waals surface area contributed by atoms with Crippen molar-refractivity contribution in [3.8, 4) is 0 Å². The molecule has 0 saturated heterocycles. The summed E-state index contributed by atoms with van der Waals surface area (Å²) in [5, 5.41) is 5.09. The summed E-state index contributed by atoms with van der Waals surface area (Å²) >= 11 is 0. The molecule has 0 saturated carbocycles. The van der Waals surface area contributed by atoms with Gasteiger partial charge in [0, 0.05) is 12.6 Å². The first-order valence-electron chi connectivity index (χ1n) is 7.31. The van der Waals surface area contributed by atoms with E-state index >= 15 is 0 Å². The lowest BCUT2D eigenvalue weighted by molar-refractivity contribution is 0.348. The molecule has 0 aliphatic rings. The van der Waals surface area contributed by atoms with Crippen molar-refractivity contribution in [1.29, 1.82) is 0 Å². The second-order valence-electron chi connectivity index (χ2n) is 5.65. The van der Waals surface area contributed by atoms with E-state index in [1.165, 1.54) is 22.5 Å². The van der Waals surface area contributed by atoms with Crippen molar-refractivity contribution in [3.05, 3.63) is 60.2 Å². The molecule has 0 radical (unpaired) electrons. The molecule has 2 rings (SSSR count). The lowest BCUT2D eigenvalue weighted by Gasteiger charge is -2.26. The van der Waals surface area contributed by atoms with Gasteiger partial charge in [0.05, 0.1) is 9.79 Å². The van der Waals surface area contributed by atoms with Gasteiger partial charge in [0.15, 0.2) is 0 Å². The number of sulfonamides is 2. The predicted octanol–water partition coefficient (Wildman–Crippen LogP) is 1.93. The monoisotopic (exact) mass is 368 g/mol. The number of rotatable bonds is 6. The average molecular weight is 368 g/mol. The zero-order valence-corrected chi connectivity index (χ0v) is 15.1. The molecule has 2 aromatic rings. The highest BCUT2D eigenvalue weighted by Gasteiger charge is 2.28. The Morgan fingerprint density at radius 2 is 1.50 bits per heavy atom. The minimum Gasteiger partial charge on any atom is -0.225 e. The van der Waals surface area contributed by atoms with Crippen LogP contribution in [0.2, 0.25) is 0 Å². The van der Waals surface area contributed by atoms with Gasteiger partial charge in [0.1, 0.15) is 0 Å². The van der Waals surface area contributed by atoms with Gasteiger partial charge < -0.3 is 0 Å². The summed E-state index contributed by atoms with van der Waals surface area (Å²) in [6.45, 7) is 3.73. The van der Waals surface area contributed by atoms with E-state index in [-0.39, 0.29) is 22.4 Å². The Morgan fingerprint density at radius 3 is 2.04 bits per heavy atom. The van der Waals surface area contributed by atoms with Crippen LogP contribution in [0.5, 0.6) is 0 Å². The van der Waals surface area contributed by atoms with Crippen LogP contribution in [0, 0.1) is 0 Å². The Balaban J connectivity index is 2.46. The number of hydrogen-bond acceptors (Lipinski definition) is 4. The fourth-order valence-corrected chi connectivity index (χ4v) is 4.56. The molecular weight excluding hydrogens is 348 g/mol. The van der Waals surface area contributed by atoms with Gasteiger partial charge in [-0.3, -0.25) is 0 Å². The molecular formula is C16H20N2O4S2. The Labute approximate surface area is 143 Å². The summed E-state index contributed by atoms with van der Waals surface area (Å²) in [6.07, 6.45) is 0. The number of benzene rings is 2. The number of nitrogens with zero attached hydrogens (tertiary/aromatic N) is 1. The van der Waals surface area contributed by atoms with E-state index in [0.717, 1.165) is 11.6 Å². The van der Waals surface area contributed by atoms with Gasteiger partial charge in [-0.15, -0.1) is 0 Å². The molecule has 6 nitrogen and oxygen atoms in total. The quantitative estimate of drug-likeness (QED) is 0.842. The van der Waals surface area contributed by atoms with Gasteiger partial charge in [-0.25, -0.2) is 22.0 Å². The Morgan fingerprint density at radius 1 is 0.917 bits per heavy atom. The topological polar surface area (TPSA) is 97.5 Å². The molecule has 0 bridgehead atoms. The molecule has 2 aromatic carbocycles. The van der Waals surface area contributed by atoms with Gasteiger partial charge in [-0.1, -0.05) is 36.4 Å². The third-order valence-corrected chi connectivity index (χ3v) is 6.43. The van der Waals surface area contributed by atoms with Crippen molar-refractivity contribution in [1.82, 2.24) is 4.31 Å². The van der Waals surface area contributed by atoms with Crippen LogP contribution in [0.4, 0.5) is 0 Å². The van der Waals surface area contributed by atoms with Gasteiger partial charge in [0.25, 0.3) is 0 Å². The summed E-state index contributed by atoms with van der Waals surface area (Å²) in [7, 11) is -7.84. The first-order chi connectivity index (χ1) is 11.1. The maximum Gasteiger partial charge on any atom is 0.243 e. The van der Waals surface area contributed by atoms with Crippen LogP contribution in [0.25, 0.3) is 0 Å². The van der Waals surface area contributed by atoms with E-state index < -0.39 is 20.0 Å². The highest BCUT2D eigenvalue weighted by molar-refractivity contribution is 7.90. The van der Waals surface area contributed by atoms with Gasteiger partial charge >= 0.3 is 0 Å². The standard InChI is InChI=1S/C16H20N2O4S2/c1-13(2)18(12-14-7-4-3-5-8-14)24(21,22)16-10-6-9-15(11-16)23(17,19)20/h3-11,13H,12H2,1-2H3,(H2,17,19,20). The van der Waals surface area contributed by atoms with E-state index in [9.17, 15) is 16.8 Å². The first kappa shape index (κ1) is 18.6. The Hall–Kier alpha value is -1.74. The highest BCUT2D eigenvalue weighted by Crippen LogP contribution is 2.23. The highest BCUT2D eigenvalue weighted by atomic mass is 32.2. The van der Waals surface area contributed by atoms with Crippen LogP contribution >= 0.6 is 0 Å². The van der Waals surface area contributed by atoms with Crippen LogP contribution in [0.1, 0.15) is 19.4 Å². The largest absolute Gasteiger partial charge is 0.243 e. The molecule has 0 spiro atoms. The van der Waals surface area contributed by atoms with Crippen molar-refractivity contribution in [2.75, 3.05) is 0 Å².